The fourth-order valence-electron chi connectivity index (χ4n) is 7.51. The van der Waals surface area contributed by atoms with E-state index in [0.29, 0.717) is 19.3 Å². The highest BCUT2D eigenvalue weighted by atomic mass is 16.5. The third-order valence-corrected chi connectivity index (χ3v) is 9.00. The maximum atomic E-state index is 12.9. The van der Waals surface area contributed by atoms with Crippen LogP contribution < -0.4 is 0 Å². The van der Waals surface area contributed by atoms with E-state index in [1.807, 2.05) is 13.0 Å². The Morgan fingerprint density at radius 3 is 2.66 bits per heavy atom. The number of ether oxygens (including phenoxy) is 1. The maximum Gasteiger partial charge on any atom is 0.303 e. The molecule has 4 aliphatic carbocycles. The van der Waals surface area contributed by atoms with Gasteiger partial charge in [-0.2, -0.15) is 0 Å². The van der Waals surface area contributed by atoms with Crippen LogP contribution in [0.4, 0.5) is 0 Å². The van der Waals surface area contributed by atoms with Crippen molar-refractivity contribution in [3.63, 3.8) is 0 Å². The van der Waals surface area contributed by atoms with E-state index in [-0.39, 0.29) is 34.9 Å². The number of rotatable bonds is 3. The lowest BCUT2D eigenvalue weighted by molar-refractivity contribution is -0.190. The van der Waals surface area contributed by atoms with Crippen molar-refractivity contribution in [3.05, 3.63) is 12.2 Å². The summed E-state index contributed by atoms with van der Waals surface area (Å²) in [5, 5.41) is 22.7. The molecule has 0 amide bonds. The molecule has 0 unspecified atom stereocenters. The van der Waals surface area contributed by atoms with Gasteiger partial charge in [0.2, 0.25) is 5.78 Å². The quantitative estimate of drug-likeness (QED) is 0.700. The van der Waals surface area contributed by atoms with Crippen molar-refractivity contribution in [1.82, 2.24) is 0 Å². The van der Waals surface area contributed by atoms with Crippen LogP contribution in [-0.2, 0) is 19.1 Å². The molecule has 0 aliphatic heterocycles. The highest BCUT2D eigenvalue weighted by molar-refractivity contribution is 5.91. The van der Waals surface area contributed by atoms with Crippen molar-refractivity contribution >= 4 is 17.5 Å². The van der Waals surface area contributed by atoms with Gasteiger partial charge in [-0.25, -0.2) is 0 Å². The van der Waals surface area contributed by atoms with Crippen LogP contribution in [0.5, 0.6) is 0 Å². The molecule has 4 aliphatic rings. The number of hydrogen-bond donors (Lipinski definition) is 2. The average molecular weight is 405 g/mol. The summed E-state index contributed by atoms with van der Waals surface area (Å²) in [6, 6.07) is 0. The molecule has 4 rings (SSSR count). The van der Waals surface area contributed by atoms with Crippen molar-refractivity contribution in [2.75, 3.05) is 6.61 Å². The first-order chi connectivity index (χ1) is 13.5. The van der Waals surface area contributed by atoms with Crippen LogP contribution in [0.3, 0.4) is 0 Å². The van der Waals surface area contributed by atoms with E-state index in [4.69, 9.17) is 4.74 Å². The first-order valence-corrected chi connectivity index (χ1v) is 10.8. The molecule has 3 fully saturated rings. The highest BCUT2D eigenvalue weighted by Gasteiger charge is 2.68. The number of aliphatic hydroxyl groups is 2. The molecule has 0 spiro atoms. The van der Waals surface area contributed by atoms with Gasteiger partial charge in [-0.05, 0) is 67.3 Å². The molecule has 0 aromatic heterocycles. The van der Waals surface area contributed by atoms with Gasteiger partial charge in [0.25, 0.3) is 0 Å². The minimum absolute atomic E-state index is 0.0228. The van der Waals surface area contributed by atoms with E-state index < -0.39 is 35.5 Å². The number of carbonyl (C=O) groups is 3. The van der Waals surface area contributed by atoms with Crippen molar-refractivity contribution in [1.29, 1.82) is 0 Å². The summed E-state index contributed by atoms with van der Waals surface area (Å²) in [6.45, 7) is 4.90. The van der Waals surface area contributed by atoms with Crippen LogP contribution in [0.1, 0.15) is 59.3 Å². The predicted octanol–water partition coefficient (Wildman–Crippen LogP) is 2.21. The average Bonchev–Trinajstić information content (AvgIpc) is 2.91. The smallest absolute Gasteiger partial charge is 0.303 e. The molecule has 0 heterocycles. The molecule has 0 bridgehead atoms. The van der Waals surface area contributed by atoms with Crippen LogP contribution in [-0.4, -0.2) is 46.1 Å². The fraction of sp³-hybridized carbons (Fsp3) is 0.783. The van der Waals surface area contributed by atoms with Gasteiger partial charge in [0.1, 0.15) is 5.60 Å². The van der Waals surface area contributed by atoms with Gasteiger partial charge in [-0.3, -0.25) is 14.4 Å². The molecule has 0 saturated heterocycles. The first kappa shape index (κ1) is 20.7. The number of aliphatic hydroxyl groups excluding tert-OH is 1. The monoisotopic (exact) mass is 404 g/mol. The lowest BCUT2D eigenvalue weighted by Gasteiger charge is -2.61. The van der Waals surface area contributed by atoms with E-state index in [2.05, 4.69) is 6.92 Å². The molecule has 2 N–H and O–H groups in total. The summed E-state index contributed by atoms with van der Waals surface area (Å²) >= 11 is 0. The Hall–Kier alpha value is -1.53. The molecular weight excluding hydrogens is 372 g/mol. The van der Waals surface area contributed by atoms with Gasteiger partial charge < -0.3 is 14.9 Å². The lowest BCUT2D eigenvalue weighted by atomic mass is 9.44. The fourth-order valence-corrected chi connectivity index (χ4v) is 7.51. The van der Waals surface area contributed by atoms with E-state index in [1.54, 1.807) is 6.08 Å². The third kappa shape index (κ3) is 2.86. The number of esters is 1. The summed E-state index contributed by atoms with van der Waals surface area (Å²) in [5.41, 5.74) is -2.57. The SMILES string of the molecule is CC(=O)OCC(=O)[C@@]1(O)CC[C@H]2[C@@H]3CC[C@@H]4CC(=O)C=C[C@]4(C)[C@H]3[C@@H](O)C[C@@]21C. The Labute approximate surface area is 171 Å². The number of ketones is 2. The van der Waals surface area contributed by atoms with Gasteiger partial charge >= 0.3 is 5.97 Å². The van der Waals surface area contributed by atoms with Gasteiger partial charge in [-0.15, -0.1) is 0 Å². The number of Topliss-reactive ketones (excluding diaryl/α,β-unsaturated/α-hetero) is 1. The van der Waals surface area contributed by atoms with Gasteiger partial charge in [0.15, 0.2) is 12.4 Å². The van der Waals surface area contributed by atoms with Crippen molar-refractivity contribution < 1.29 is 29.3 Å². The zero-order valence-electron chi connectivity index (χ0n) is 17.5. The van der Waals surface area contributed by atoms with Crippen LogP contribution in [0.15, 0.2) is 12.2 Å². The van der Waals surface area contributed by atoms with E-state index in [9.17, 15) is 24.6 Å². The summed E-state index contributed by atoms with van der Waals surface area (Å²) in [6.07, 6.45) is 6.78. The van der Waals surface area contributed by atoms with E-state index in [0.717, 1.165) is 19.3 Å². The maximum absolute atomic E-state index is 12.9. The lowest BCUT2D eigenvalue weighted by Crippen LogP contribution is -2.62. The number of carbonyl (C=O) groups excluding carboxylic acids is 3. The Kier molecular flexibility index (Phi) is 4.82. The topological polar surface area (TPSA) is 101 Å². The number of hydrogen-bond acceptors (Lipinski definition) is 6. The second-order valence-corrected chi connectivity index (χ2v) is 10.2. The van der Waals surface area contributed by atoms with Gasteiger partial charge in [-0.1, -0.05) is 19.9 Å². The van der Waals surface area contributed by atoms with Crippen molar-refractivity contribution in [2.24, 2.45) is 34.5 Å². The normalized spacial score (nSPS) is 48.4. The molecule has 0 radical (unpaired) electrons. The minimum atomic E-state index is -1.59. The van der Waals surface area contributed by atoms with E-state index >= 15 is 0 Å². The number of allylic oxidation sites excluding steroid dienone is 2. The Morgan fingerprint density at radius 2 is 1.97 bits per heavy atom. The molecule has 8 atom stereocenters. The summed E-state index contributed by atoms with van der Waals surface area (Å²) in [5.74, 6) is -0.279. The zero-order chi connectivity index (χ0) is 21.2. The summed E-state index contributed by atoms with van der Waals surface area (Å²) in [7, 11) is 0. The molecule has 160 valence electrons. The van der Waals surface area contributed by atoms with E-state index in [1.165, 1.54) is 6.92 Å². The van der Waals surface area contributed by atoms with Crippen LogP contribution in [0.25, 0.3) is 0 Å². The Morgan fingerprint density at radius 1 is 1.24 bits per heavy atom. The zero-order valence-corrected chi connectivity index (χ0v) is 17.5. The second-order valence-electron chi connectivity index (χ2n) is 10.2. The van der Waals surface area contributed by atoms with Crippen molar-refractivity contribution in [2.45, 2.75) is 71.0 Å². The first-order valence-electron chi connectivity index (χ1n) is 10.8. The van der Waals surface area contributed by atoms with Crippen molar-refractivity contribution in [3.8, 4) is 0 Å². The summed E-state index contributed by atoms with van der Waals surface area (Å²) < 4.78 is 4.88. The molecule has 0 aromatic carbocycles. The Bertz CT molecular complexity index is 773. The second kappa shape index (κ2) is 6.74. The van der Waals surface area contributed by atoms with Gasteiger partial charge in [0, 0.05) is 18.8 Å². The minimum Gasteiger partial charge on any atom is -0.458 e. The predicted molar refractivity (Wildman–Crippen MR) is 105 cm³/mol. The molecule has 29 heavy (non-hydrogen) atoms. The molecular formula is C23H32O6. The van der Waals surface area contributed by atoms with Crippen LogP contribution in [0, 0.1) is 34.5 Å². The molecule has 3 saturated carbocycles. The molecule has 6 heteroatoms. The summed E-state index contributed by atoms with van der Waals surface area (Å²) in [4.78, 5) is 36.0. The number of fused-ring (bicyclic) bond motifs is 5. The van der Waals surface area contributed by atoms with Gasteiger partial charge in [0.05, 0.1) is 6.10 Å². The largest absolute Gasteiger partial charge is 0.458 e. The van der Waals surface area contributed by atoms with Crippen LogP contribution >= 0.6 is 0 Å². The highest BCUT2D eigenvalue weighted by Crippen LogP contribution is 2.67. The third-order valence-electron chi connectivity index (χ3n) is 9.00. The Balaban J connectivity index is 1.65. The van der Waals surface area contributed by atoms with Crippen LogP contribution in [0.2, 0.25) is 0 Å². The standard InChI is InChI=1S/C23H32O6/c1-13(24)29-12-19(27)23(28)9-7-17-16-5-4-14-10-15(25)6-8-21(14,2)20(16)18(26)11-22(17,23)3/h6,8,14,16-18,20,26,28H,4-5,7,9-12H2,1-3H3/t14-,16+,17+,18+,20-,21+,22+,23+/m1/s1. The molecule has 6 nitrogen and oxygen atoms in total. The molecule has 0 aromatic rings.